The van der Waals surface area contributed by atoms with Gasteiger partial charge in [-0.05, 0) is 43.3 Å². The molecule has 25 heavy (non-hydrogen) atoms. The van der Waals surface area contributed by atoms with Crippen molar-refractivity contribution in [3.8, 4) is 0 Å². The molecular weight excluding hydrogens is 338 g/mol. The summed E-state index contributed by atoms with van der Waals surface area (Å²) in [6.07, 6.45) is 1.25. The van der Waals surface area contributed by atoms with Gasteiger partial charge in [0, 0.05) is 22.5 Å². The lowest BCUT2D eigenvalue weighted by molar-refractivity contribution is 0.540. The summed E-state index contributed by atoms with van der Waals surface area (Å²) in [5, 5.41) is 21.4. The third-order valence-electron chi connectivity index (χ3n) is 4.27. The van der Waals surface area contributed by atoms with Gasteiger partial charge in [0.2, 0.25) is 5.82 Å². The quantitative estimate of drug-likeness (QED) is 0.544. The van der Waals surface area contributed by atoms with Gasteiger partial charge >= 0.3 is 0 Å². The van der Waals surface area contributed by atoms with Gasteiger partial charge in [-0.3, -0.25) is 10.00 Å². The van der Waals surface area contributed by atoms with Gasteiger partial charge in [-0.2, -0.15) is 9.84 Å². The van der Waals surface area contributed by atoms with Gasteiger partial charge in [-0.25, -0.2) is 0 Å². The maximum atomic E-state index is 13.1. The van der Waals surface area contributed by atoms with Gasteiger partial charge in [-0.15, -0.1) is 0 Å². The number of rotatable bonds is 2. The fourth-order valence-corrected chi connectivity index (χ4v) is 3.12. The molecule has 126 valence electrons. The number of hydrogen-bond donors (Lipinski definition) is 2. The number of nitrogen functional groups attached to an aromatic ring is 1. The molecule has 0 saturated carbocycles. The van der Waals surface area contributed by atoms with Crippen LogP contribution in [0.4, 0.5) is 11.5 Å². The van der Waals surface area contributed by atoms with E-state index in [2.05, 4.69) is 10.2 Å². The fraction of sp³-hybridized carbons (Fsp3) is 0.111. The molecule has 0 aliphatic carbocycles. The number of fused-ring (bicyclic) bond motifs is 1. The van der Waals surface area contributed by atoms with E-state index in [9.17, 15) is 5.21 Å². The maximum absolute atomic E-state index is 13.1. The smallest absolute Gasteiger partial charge is 0.284 e. The van der Waals surface area contributed by atoms with E-state index < -0.39 is 6.17 Å². The zero-order valence-electron chi connectivity index (χ0n) is 13.5. The fourth-order valence-electron chi connectivity index (χ4n) is 2.99. The maximum Gasteiger partial charge on any atom is 0.284 e. The van der Waals surface area contributed by atoms with Crippen molar-refractivity contribution in [2.45, 2.75) is 13.1 Å². The van der Waals surface area contributed by atoms with Crippen molar-refractivity contribution < 1.29 is 0 Å². The molecule has 4 rings (SSSR count). The molecule has 2 heterocycles. The summed E-state index contributed by atoms with van der Waals surface area (Å²) in [5.41, 5.74) is 8.73. The van der Waals surface area contributed by atoms with Crippen LogP contribution in [0, 0.1) is 12.1 Å². The molecule has 0 saturated heterocycles. The van der Waals surface area contributed by atoms with Gasteiger partial charge in [-0.1, -0.05) is 29.3 Å². The van der Waals surface area contributed by atoms with Crippen molar-refractivity contribution in [2.75, 3.05) is 10.6 Å². The molecule has 2 aromatic carbocycles. The standard InChI is InChI=1S/C18H16ClN5O/c1-11-2-8-14(9-3-11)23-10-15-16(17(20)22-21-15)24(25)18(23)12-4-6-13(19)7-5-12/h2-10,18,21H,1H3,(H2,20,22). The third-order valence-corrected chi connectivity index (χ3v) is 4.52. The van der Waals surface area contributed by atoms with Crippen molar-refractivity contribution in [3.05, 3.63) is 80.6 Å². The lowest BCUT2D eigenvalue weighted by Gasteiger charge is -2.30. The van der Waals surface area contributed by atoms with Gasteiger partial charge in [0.05, 0.1) is 0 Å². The van der Waals surface area contributed by atoms with E-state index in [0.29, 0.717) is 15.7 Å². The Labute approximate surface area is 149 Å². The Hall–Kier alpha value is -2.99. The van der Waals surface area contributed by atoms with Crippen molar-refractivity contribution in [1.82, 2.24) is 14.9 Å². The zero-order valence-corrected chi connectivity index (χ0v) is 14.2. The van der Waals surface area contributed by atoms with Gasteiger partial charge < -0.3 is 10.9 Å². The Morgan fingerprint density at radius 3 is 2.52 bits per heavy atom. The Morgan fingerprint density at radius 2 is 1.84 bits per heavy atom. The second kappa shape index (κ2) is 5.82. The monoisotopic (exact) mass is 353 g/mol. The number of nitrogens with zero attached hydrogens (tertiary/aromatic N) is 3. The molecule has 1 aromatic heterocycles. The topological polar surface area (TPSA) is 84.0 Å². The van der Waals surface area contributed by atoms with Crippen molar-refractivity contribution in [2.24, 2.45) is 0 Å². The number of H-pyrrole nitrogens is 1. The van der Waals surface area contributed by atoms with Crippen LogP contribution in [0.25, 0.3) is 6.20 Å². The molecule has 7 heteroatoms. The van der Waals surface area contributed by atoms with Crippen LogP contribution >= 0.6 is 11.6 Å². The Balaban J connectivity index is 1.95. The molecule has 6 nitrogen and oxygen atoms in total. The summed E-state index contributed by atoms with van der Waals surface area (Å²) < 4.78 is 0.886. The number of hydrogen-bond acceptors (Lipinski definition) is 4. The molecule has 3 N–H and O–H groups in total. The normalized spacial score (nSPS) is 16.5. The lowest BCUT2D eigenvalue weighted by atomic mass is 10.1. The first-order valence-corrected chi connectivity index (χ1v) is 8.18. The molecule has 0 fully saturated rings. The minimum absolute atomic E-state index is 0.184. The minimum atomic E-state index is -0.604. The second-order valence-corrected chi connectivity index (χ2v) is 6.43. The van der Waals surface area contributed by atoms with Gasteiger partial charge in [0.15, 0.2) is 0 Å². The number of hydroxylamine groups is 1. The number of aromatic amines is 1. The summed E-state index contributed by atoms with van der Waals surface area (Å²) in [6.45, 7) is 2.02. The molecule has 1 aliphatic rings. The highest BCUT2D eigenvalue weighted by atomic mass is 35.5. The highest BCUT2D eigenvalue weighted by Gasteiger charge is 2.32. The van der Waals surface area contributed by atoms with Gasteiger partial charge in [0.25, 0.3) is 11.5 Å². The molecular formula is C18H16ClN5O. The van der Waals surface area contributed by atoms with Crippen LogP contribution in [-0.2, 0) is 0 Å². The summed E-state index contributed by atoms with van der Waals surface area (Å²) >= 11 is 6.00. The Bertz CT molecular complexity index is 1040. The highest BCUT2D eigenvalue weighted by Crippen LogP contribution is 2.29. The summed E-state index contributed by atoms with van der Waals surface area (Å²) in [4.78, 5) is 1.90. The molecule has 3 aromatic rings. The van der Waals surface area contributed by atoms with E-state index in [-0.39, 0.29) is 5.82 Å². The minimum Gasteiger partial charge on any atom is -0.621 e. The number of anilines is 2. The SMILES string of the molecule is Cc1ccc(N2C=c3[nH]nc(N)c3=[N+]([O-])C2c2ccc(Cl)cc2)cc1. The van der Waals surface area contributed by atoms with E-state index in [0.717, 1.165) is 21.6 Å². The molecule has 0 bridgehead atoms. The van der Waals surface area contributed by atoms with Crippen LogP contribution in [-0.4, -0.2) is 10.2 Å². The number of nitrogens with one attached hydrogen (secondary N) is 1. The molecule has 0 amide bonds. The second-order valence-electron chi connectivity index (χ2n) is 5.99. The van der Waals surface area contributed by atoms with Crippen LogP contribution in [0.15, 0.2) is 48.5 Å². The van der Waals surface area contributed by atoms with E-state index in [1.165, 1.54) is 0 Å². The van der Waals surface area contributed by atoms with E-state index in [1.807, 2.05) is 54.4 Å². The lowest BCUT2D eigenvalue weighted by Crippen LogP contribution is -2.49. The average Bonchev–Trinajstić information content (AvgIpc) is 2.98. The van der Waals surface area contributed by atoms with Crippen LogP contribution < -0.4 is 26.1 Å². The first kappa shape index (κ1) is 15.5. The first-order chi connectivity index (χ1) is 12.0. The number of aromatic nitrogens is 2. The predicted molar refractivity (Wildman–Crippen MR) is 99.2 cm³/mol. The summed E-state index contributed by atoms with van der Waals surface area (Å²) in [5.74, 6) is 0.184. The summed E-state index contributed by atoms with van der Waals surface area (Å²) in [7, 11) is 0. The van der Waals surface area contributed by atoms with Gasteiger partial charge in [0.1, 0.15) is 5.35 Å². The largest absolute Gasteiger partial charge is 0.621 e. The Kier molecular flexibility index (Phi) is 3.62. The number of benzene rings is 2. The van der Waals surface area contributed by atoms with E-state index >= 15 is 0 Å². The van der Waals surface area contributed by atoms with Crippen molar-refractivity contribution >= 4 is 29.3 Å². The Morgan fingerprint density at radius 1 is 1.16 bits per heavy atom. The molecule has 1 atom stereocenters. The molecule has 0 radical (unpaired) electrons. The average molecular weight is 354 g/mol. The van der Waals surface area contributed by atoms with E-state index in [1.54, 1.807) is 12.1 Å². The molecule has 0 spiro atoms. The van der Waals surface area contributed by atoms with Crippen molar-refractivity contribution in [3.63, 3.8) is 0 Å². The zero-order chi connectivity index (χ0) is 17.6. The molecule has 1 unspecified atom stereocenters. The number of nitrogens with two attached hydrogens (primary N) is 1. The highest BCUT2D eigenvalue weighted by molar-refractivity contribution is 6.30. The number of halogens is 1. The van der Waals surface area contributed by atoms with E-state index in [4.69, 9.17) is 17.3 Å². The van der Waals surface area contributed by atoms with Crippen LogP contribution in [0.1, 0.15) is 17.3 Å². The van der Waals surface area contributed by atoms with Crippen LogP contribution in [0.5, 0.6) is 0 Å². The first-order valence-electron chi connectivity index (χ1n) is 7.80. The van der Waals surface area contributed by atoms with Crippen LogP contribution in [0.2, 0.25) is 5.02 Å². The number of aryl methyl sites for hydroxylation is 1. The summed E-state index contributed by atoms with van der Waals surface area (Å²) in [6, 6.07) is 15.2. The third kappa shape index (κ3) is 2.60. The molecule has 1 aliphatic heterocycles. The predicted octanol–water partition coefficient (Wildman–Crippen LogP) is 1.90. The van der Waals surface area contributed by atoms with Crippen molar-refractivity contribution in [1.29, 1.82) is 0 Å². The van der Waals surface area contributed by atoms with Crippen LogP contribution in [0.3, 0.4) is 0 Å².